The summed E-state index contributed by atoms with van der Waals surface area (Å²) < 4.78 is 0. The number of fused-ring (bicyclic) bond motifs is 5. The third-order valence-electron chi connectivity index (χ3n) is 5.11. The third kappa shape index (κ3) is 1.64. The highest BCUT2D eigenvalue weighted by Crippen LogP contribution is 2.69. The summed E-state index contributed by atoms with van der Waals surface area (Å²) in [6.45, 7) is 0.986. The van der Waals surface area contributed by atoms with Crippen LogP contribution in [-0.4, -0.2) is 34.2 Å². The van der Waals surface area contributed by atoms with E-state index in [9.17, 15) is 14.7 Å². The Balaban J connectivity index is 1.54. The lowest BCUT2D eigenvalue weighted by Crippen LogP contribution is -2.47. The predicted octanol–water partition coefficient (Wildman–Crippen LogP) is 0.230. The van der Waals surface area contributed by atoms with E-state index < -0.39 is 11.6 Å². The maximum atomic E-state index is 12.0. The van der Waals surface area contributed by atoms with E-state index in [2.05, 4.69) is 5.32 Å². The zero-order chi connectivity index (χ0) is 13.1. The van der Waals surface area contributed by atoms with Gasteiger partial charge in [-0.25, -0.2) is 4.79 Å². The molecule has 100 valence electrons. The van der Waals surface area contributed by atoms with E-state index in [1.54, 1.807) is 0 Å². The van der Waals surface area contributed by atoms with Crippen molar-refractivity contribution < 1.29 is 19.8 Å². The van der Waals surface area contributed by atoms with E-state index in [-0.39, 0.29) is 18.4 Å². The molecule has 5 unspecified atom stereocenters. The molecule has 5 heteroatoms. The van der Waals surface area contributed by atoms with Gasteiger partial charge in [0, 0.05) is 5.92 Å². The molecule has 0 radical (unpaired) electrons. The molecule has 5 nitrogen and oxygen atoms in total. The predicted molar refractivity (Wildman–Crippen MR) is 62.6 cm³/mol. The molecule has 3 saturated carbocycles. The molecule has 0 spiro atoms. The van der Waals surface area contributed by atoms with Gasteiger partial charge in [-0.1, -0.05) is 0 Å². The van der Waals surface area contributed by atoms with E-state index in [0.29, 0.717) is 11.8 Å². The van der Waals surface area contributed by atoms with Crippen molar-refractivity contribution in [3.05, 3.63) is 0 Å². The van der Waals surface area contributed by atoms with Crippen LogP contribution in [-0.2, 0) is 9.59 Å². The van der Waals surface area contributed by atoms with E-state index in [4.69, 9.17) is 5.11 Å². The molecule has 2 bridgehead atoms. The number of amides is 1. The molecular formula is C13H19NO4. The topological polar surface area (TPSA) is 86.6 Å². The number of carbonyl (C=O) groups excluding carboxylic acids is 1. The number of aliphatic carboxylic acids is 1. The standard InChI is InChI=1S/C13H19NO4/c1-13(18,12(16)17)5-14-11(15)10-8-6-2-3-7(4-6)9(8)10/h6-10,18H,2-5H2,1H3,(H,14,15)(H,16,17). The summed E-state index contributed by atoms with van der Waals surface area (Å²) in [4.78, 5) is 22.7. The van der Waals surface area contributed by atoms with Gasteiger partial charge in [0.2, 0.25) is 5.91 Å². The number of rotatable bonds is 4. The van der Waals surface area contributed by atoms with Gasteiger partial charge >= 0.3 is 5.97 Å². The summed E-state index contributed by atoms with van der Waals surface area (Å²) in [6, 6.07) is 0. The summed E-state index contributed by atoms with van der Waals surface area (Å²) in [5.41, 5.74) is -1.88. The molecule has 3 N–H and O–H groups in total. The lowest BCUT2D eigenvalue weighted by atomic mass is 10.0. The fourth-order valence-corrected chi connectivity index (χ4v) is 4.13. The second kappa shape index (κ2) is 3.70. The van der Waals surface area contributed by atoms with Gasteiger partial charge in [0.25, 0.3) is 0 Å². The van der Waals surface area contributed by atoms with E-state index in [1.807, 2.05) is 0 Å². The Labute approximate surface area is 106 Å². The minimum atomic E-state index is -1.88. The van der Waals surface area contributed by atoms with Crippen molar-refractivity contribution in [2.75, 3.05) is 6.54 Å². The minimum absolute atomic E-state index is 0.0666. The summed E-state index contributed by atoms with van der Waals surface area (Å²) in [6.07, 6.45) is 3.79. The smallest absolute Gasteiger partial charge is 0.337 e. The number of carboxylic acid groups (broad SMARTS) is 1. The molecule has 3 aliphatic carbocycles. The van der Waals surface area contributed by atoms with Crippen LogP contribution in [0.15, 0.2) is 0 Å². The molecule has 0 aromatic rings. The van der Waals surface area contributed by atoms with Gasteiger partial charge in [-0.2, -0.15) is 0 Å². The van der Waals surface area contributed by atoms with Crippen LogP contribution in [0.5, 0.6) is 0 Å². The summed E-state index contributed by atoms with van der Waals surface area (Å²) in [5.74, 6) is 1.23. The van der Waals surface area contributed by atoms with E-state index in [0.717, 1.165) is 11.8 Å². The highest BCUT2D eigenvalue weighted by molar-refractivity contribution is 5.84. The maximum absolute atomic E-state index is 12.0. The molecule has 3 aliphatic rings. The summed E-state index contributed by atoms with van der Waals surface area (Å²) in [5, 5.41) is 20.9. The second-order valence-corrected chi connectivity index (χ2v) is 6.31. The zero-order valence-corrected chi connectivity index (χ0v) is 10.4. The Morgan fingerprint density at radius 2 is 1.83 bits per heavy atom. The molecule has 3 fully saturated rings. The van der Waals surface area contributed by atoms with Crippen LogP contribution in [0.25, 0.3) is 0 Å². The van der Waals surface area contributed by atoms with Crippen LogP contribution in [0.2, 0.25) is 0 Å². The quantitative estimate of drug-likeness (QED) is 0.669. The largest absolute Gasteiger partial charge is 0.479 e. The molecule has 0 aromatic carbocycles. The van der Waals surface area contributed by atoms with Gasteiger partial charge in [0.05, 0.1) is 6.54 Å². The van der Waals surface area contributed by atoms with E-state index in [1.165, 1.54) is 26.2 Å². The van der Waals surface area contributed by atoms with Gasteiger partial charge < -0.3 is 15.5 Å². The first kappa shape index (κ1) is 12.0. The van der Waals surface area contributed by atoms with Gasteiger partial charge in [-0.3, -0.25) is 4.79 Å². The first-order chi connectivity index (χ1) is 8.42. The lowest BCUT2D eigenvalue weighted by molar-refractivity contribution is -0.156. The number of carbonyl (C=O) groups is 2. The second-order valence-electron chi connectivity index (χ2n) is 6.31. The monoisotopic (exact) mass is 253 g/mol. The third-order valence-corrected chi connectivity index (χ3v) is 5.11. The Hall–Kier alpha value is -1.10. The lowest BCUT2D eigenvalue weighted by Gasteiger charge is -2.19. The van der Waals surface area contributed by atoms with Crippen molar-refractivity contribution in [1.82, 2.24) is 5.32 Å². The van der Waals surface area contributed by atoms with Gasteiger partial charge in [-0.05, 0) is 49.9 Å². The van der Waals surface area contributed by atoms with Gasteiger partial charge in [-0.15, -0.1) is 0 Å². The zero-order valence-electron chi connectivity index (χ0n) is 10.4. The van der Waals surface area contributed by atoms with Crippen molar-refractivity contribution in [1.29, 1.82) is 0 Å². The SMILES string of the molecule is CC(O)(CNC(=O)C1C2C3CCC(C3)C12)C(=O)O. The molecule has 0 aromatic heterocycles. The summed E-state index contributed by atoms with van der Waals surface area (Å²) in [7, 11) is 0. The number of aliphatic hydroxyl groups is 1. The molecule has 0 heterocycles. The van der Waals surface area contributed by atoms with Crippen LogP contribution in [0.1, 0.15) is 26.2 Å². The van der Waals surface area contributed by atoms with Crippen LogP contribution >= 0.6 is 0 Å². The van der Waals surface area contributed by atoms with Crippen LogP contribution in [0.3, 0.4) is 0 Å². The number of hydrogen-bond acceptors (Lipinski definition) is 3. The van der Waals surface area contributed by atoms with Crippen LogP contribution in [0.4, 0.5) is 0 Å². The highest BCUT2D eigenvalue weighted by Gasteiger charge is 2.67. The van der Waals surface area contributed by atoms with Crippen molar-refractivity contribution in [2.24, 2.45) is 29.6 Å². The highest BCUT2D eigenvalue weighted by atomic mass is 16.4. The maximum Gasteiger partial charge on any atom is 0.337 e. The minimum Gasteiger partial charge on any atom is -0.479 e. The average molecular weight is 253 g/mol. The Morgan fingerprint density at radius 3 is 2.33 bits per heavy atom. The van der Waals surface area contributed by atoms with Crippen LogP contribution in [0, 0.1) is 29.6 Å². The van der Waals surface area contributed by atoms with Crippen molar-refractivity contribution in [3.63, 3.8) is 0 Å². The Bertz CT molecular complexity index is 390. The van der Waals surface area contributed by atoms with Crippen molar-refractivity contribution in [3.8, 4) is 0 Å². The molecule has 1 amide bonds. The molecule has 18 heavy (non-hydrogen) atoms. The number of carboxylic acids is 1. The average Bonchev–Trinajstić information content (AvgIpc) is 2.75. The molecule has 0 saturated heterocycles. The van der Waals surface area contributed by atoms with Gasteiger partial charge in [0.15, 0.2) is 5.60 Å². The van der Waals surface area contributed by atoms with E-state index >= 15 is 0 Å². The normalized spacial score (nSPS) is 43.1. The fraction of sp³-hybridized carbons (Fsp3) is 0.846. The number of nitrogens with one attached hydrogen (secondary N) is 1. The Morgan fingerprint density at radius 1 is 1.28 bits per heavy atom. The first-order valence-electron chi connectivity index (χ1n) is 6.65. The van der Waals surface area contributed by atoms with Crippen molar-refractivity contribution >= 4 is 11.9 Å². The molecular weight excluding hydrogens is 234 g/mol. The molecule has 3 rings (SSSR count). The van der Waals surface area contributed by atoms with Gasteiger partial charge in [0.1, 0.15) is 0 Å². The molecule has 0 aliphatic heterocycles. The molecule has 5 atom stereocenters. The fourth-order valence-electron chi connectivity index (χ4n) is 4.13. The van der Waals surface area contributed by atoms with Crippen LogP contribution < -0.4 is 5.32 Å². The summed E-state index contributed by atoms with van der Waals surface area (Å²) >= 11 is 0. The number of hydrogen-bond donors (Lipinski definition) is 3. The Kier molecular flexibility index (Phi) is 2.46. The van der Waals surface area contributed by atoms with Crippen molar-refractivity contribution in [2.45, 2.75) is 31.8 Å². The first-order valence-corrected chi connectivity index (χ1v) is 6.65.